The lowest BCUT2D eigenvalue weighted by atomic mass is 10.1. The molecule has 0 spiro atoms. The van der Waals surface area contributed by atoms with Crippen LogP contribution in [-0.4, -0.2) is 9.97 Å². The van der Waals surface area contributed by atoms with E-state index in [1.54, 1.807) is 24.8 Å². The van der Waals surface area contributed by atoms with Crippen molar-refractivity contribution < 1.29 is 0 Å². The summed E-state index contributed by atoms with van der Waals surface area (Å²) >= 11 is 6.04. The van der Waals surface area contributed by atoms with Crippen molar-refractivity contribution >= 4 is 11.6 Å². The zero-order valence-electron chi connectivity index (χ0n) is 9.60. The van der Waals surface area contributed by atoms with Gasteiger partial charge in [0, 0.05) is 37.4 Å². The van der Waals surface area contributed by atoms with E-state index in [4.69, 9.17) is 11.6 Å². The van der Waals surface area contributed by atoms with Gasteiger partial charge in [-0.3, -0.25) is 9.97 Å². The van der Waals surface area contributed by atoms with Crippen molar-refractivity contribution in [3.8, 4) is 0 Å². The van der Waals surface area contributed by atoms with Crippen LogP contribution in [0.5, 0.6) is 0 Å². The van der Waals surface area contributed by atoms with E-state index < -0.39 is 0 Å². The fraction of sp³-hybridized carbons (Fsp3) is 0.231. The van der Waals surface area contributed by atoms with E-state index in [0.29, 0.717) is 5.02 Å². The molecular weight excluding hydrogens is 234 g/mol. The van der Waals surface area contributed by atoms with Crippen molar-refractivity contribution in [1.82, 2.24) is 15.3 Å². The number of rotatable bonds is 4. The highest BCUT2D eigenvalue weighted by Crippen LogP contribution is 2.16. The van der Waals surface area contributed by atoms with E-state index in [0.717, 1.165) is 12.1 Å². The summed E-state index contributed by atoms with van der Waals surface area (Å²) in [5, 5.41) is 4.11. The minimum absolute atomic E-state index is 0.266. The molecule has 0 bridgehead atoms. The summed E-state index contributed by atoms with van der Waals surface area (Å²) in [7, 11) is 0. The minimum atomic E-state index is 0.266. The third kappa shape index (κ3) is 3.25. The molecule has 4 heteroatoms. The van der Waals surface area contributed by atoms with E-state index in [2.05, 4.69) is 22.2 Å². The van der Waals surface area contributed by atoms with Crippen LogP contribution in [0.1, 0.15) is 24.1 Å². The molecule has 0 aliphatic rings. The van der Waals surface area contributed by atoms with Crippen LogP contribution in [0.25, 0.3) is 0 Å². The molecule has 17 heavy (non-hydrogen) atoms. The Bertz CT molecular complexity index is 473. The molecule has 0 saturated carbocycles. The highest BCUT2D eigenvalue weighted by Gasteiger charge is 2.05. The first-order chi connectivity index (χ1) is 8.27. The summed E-state index contributed by atoms with van der Waals surface area (Å²) in [6.45, 7) is 2.84. The Morgan fingerprint density at radius 3 is 2.59 bits per heavy atom. The summed E-state index contributed by atoms with van der Waals surface area (Å²) in [5.74, 6) is 0. The van der Waals surface area contributed by atoms with Crippen molar-refractivity contribution in [2.45, 2.75) is 19.5 Å². The zero-order chi connectivity index (χ0) is 12.1. The molecule has 0 fully saturated rings. The summed E-state index contributed by atoms with van der Waals surface area (Å²) in [6.07, 6.45) is 7.01. The van der Waals surface area contributed by atoms with Gasteiger partial charge in [-0.15, -0.1) is 0 Å². The lowest BCUT2D eigenvalue weighted by molar-refractivity contribution is 0.574. The van der Waals surface area contributed by atoms with Crippen molar-refractivity contribution in [1.29, 1.82) is 0 Å². The Kier molecular flexibility index (Phi) is 4.07. The fourth-order valence-corrected chi connectivity index (χ4v) is 1.77. The molecule has 0 unspecified atom stereocenters. The molecule has 2 aromatic rings. The molecule has 1 atom stereocenters. The van der Waals surface area contributed by atoms with E-state index in [1.807, 2.05) is 18.2 Å². The van der Waals surface area contributed by atoms with Gasteiger partial charge in [-0.2, -0.15) is 0 Å². The molecule has 0 aliphatic heterocycles. The maximum Gasteiger partial charge on any atom is 0.0634 e. The standard InChI is InChI=1S/C13H14ClN3/c1-10(11-2-5-15-6-3-11)17-8-12-4-7-16-9-13(12)14/h2-7,9-10,17H,8H2,1H3/t10-/m1/s1. The molecule has 0 aromatic carbocycles. The lowest BCUT2D eigenvalue weighted by Gasteiger charge is -2.14. The van der Waals surface area contributed by atoms with Gasteiger partial charge in [0.25, 0.3) is 0 Å². The second-order valence-corrected chi connectivity index (χ2v) is 4.26. The first kappa shape index (κ1) is 12.0. The number of pyridine rings is 2. The van der Waals surface area contributed by atoms with Gasteiger partial charge in [0.15, 0.2) is 0 Å². The quantitative estimate of drug-likeness (QED) is 0.903. The van der Waals surface area contributed by atoms with Gasteiger partial charge in [0.2, 0.25) is 0 Å². The van der Waals surface area contributed by atoms with Crippen LogP contribution in [-0.2, 0) is 6.54 Å². The van der Waals surface area contributed by atoms with Crippen LogP contribution in [0.3, 0.4) is 0 Å². The van der Waals surface area contributed by atoms with Crippen molar-refractivity contribution in [2.75, 3.05) is 0 Å². The van der Waals surface area contributed by atoms with E-state index in [1.165, 1.54) is 5.56 Å². The van der Waals surface area contributed by atoms with Gasteiger partial charge in [-0.25, -0.2) is 0 Å². The van der Waals surface area contributed by atoms with Crippen molar-refractivity contribution in [3.63, 3.8) is 0 Å². The van der Waals surface area contributed by atoms with Crippen LogP contribution in [0.2, 0.25) is 5.02 Å². The number of nitrogens with zero attached hydrogens (tertiary/aromatic N) is 2. The smallest absolute Gasteiger partial charge is 0.0634 e. The number of aromatic nitrogens is 2. The van der Waals surface area contributed by atoms with Crippen molar-refractivity contribution in [2.24, 2.45) is 0 Å². The largest absolute Gasteiger partial charge is 0.306 e. The van der Waals surface area contributed by atoms with Gasteiger partial charge in [0.1, 0.15) is 0 Å². The van der Waals surface area contributed by atoms with Crippen LogP contribution < -0.4 is 5.32 Å². The molecule has 0 aliphatic carbocycles. The molecule has 0 radical (unpaired) electrons. The van der Waals surface area contributed by atoms with Crippen LogP contribution >= 0.6 is 11.6 Å². The highest BCUT2D eigenvalue weighted by atomic mass is 35.5. The zero-order valence-corrected chi connectivity index (χ0v) is 10.4. The fourth-order valence-electron chi connectivity index (χ4n) is 1.58. The molecule has 2 rings (SSSR count). The first-order valence-electron chi connectivity index (χ1n) is 5.49. The molecule has 0 amide bonds. The second-order valence-electron chi connectivity index (χ2n) is 3.85. The Balaban J connectivity index is 1.97. The topological polar surface area (TPSA) is 37.8 Å². The van der Waals surface area contributed by atoms with E-state index >= 15 is 0 Å². The monoisotopic (exact) mass is 247 g/mol. The Morgan fingerprint density at radius 2 is 1.88 bits per heavy atom. The minimum Gasteiger partial charge on any atom is -0.306 e. The van der Waals surface area contributed by atoms with E-state index in [9.17, 15) is 0 Å². The highest BCUT2D eigenvalue weighted by molar-refractivity contribution is 6.31. The molecule has 2 aromatic heterocycles. The molecule has 88 valence electrons. The number of halogens is 1. The molecule has 3 nitrogen and oxygen atoms in total. The number of hydrogen-bond donors (Lipinski definition) is 1. The Morgan fingerprint density at radius 1 is 1.18 bits per heavy atom. The normalized spacial score (nSPS) is 12.4. The van der Waals surface area contributed by atoms with Crippen LogP contribution in [0.4, 0.5) is 0 Å². The summed E-state index contributed by atoms with van der Waals surface area (Å²) in [5.41, 5.74) is 2.27. The Hall–Kier alpha value is -1.45. The molecule has 1 N–H and O–H groups in total. The third-order valence-electron chi connectivity index (χ3n) is 2.66. The van der Waals surface area contributed by atoms with Crippen LogP contribution in [0, 0.1) is 0 Å². The van der Waals surface area contributed by atoms with Gasteiger partial charge >= 0.3 is 0 Å². The maximum absolute atomic E-state index is 6.04. The molecule has 0 saturated heterocycles. The predicted molar refractivity (Wildman–Crippen MR) is 68.7 cm³/mol. The van der Waals surface area contributed by atoms with Gasteiger partial charge in [0.05, 0.1) is 5.02 Å². The van der Waals surface area contributed by atoms with Gasteiger partial charge in [-0.05, 0) is 36.2 Å². The predicted octanol–water partition coefficient (Wildman–Crippen LogP) is 2.98. The summed E-state index contributed by atoms with van der Waals surface area (Å²) in [6, 6.07) is 6.20. The van der Waals surface area contributed by atoms with E-state index in [-0.39, 0.29) is 6.04 Å². The average Bonchev–Trinajstić information content (AvgIpc) is 2.38. The Labute approximate surface area is 106 Å². The third-order valence-corrected chi connectivity index (χ3v) is 3.00. The average molecular weight is 248 g/mol. The first-order valence-corrected chi connectivity index (χ1v) is 5.87. The van der Waals surface area contributed by atoms with Crippen molar-refractivity contribution in [3.05, 3.63) is 59.1 Å². The molecular formula is C13H14ClN3. The summed E-state index contributed by atoms with van der Waals surface area (Å²) in [4.78, 5) is 7.97. The van der Waals surface area contributed by atoms with Gasteiger partial charge in [-0.1, -0.05) is 11.6 Å². The summed E-state index contributed by atoms with van der Waals surface area (Å²) < 4.78 is 0. The van der Waals surface area contributed by atoms with Gasteiger partial charge < -0.3 is 5.32 Å². The number of hydrogen-bond acceptors (Lipinski definition) is 3. The SMILES string of the molecule is C[C@@H](NCc1ccncc1Cl)c1ccncc1. The number of nitrogens with one attached hydrogen (secondary N) is 1. The second kappa shape index (κ2) is 5.75. The maximum atomic E-state index is 6.04. The van der Waals surface area contributed by atoms with Crippen LogP contribution in [0.15, 0.2) is 43.0 Å². The molecule has 2 heterocycles. The lowest BCUT2D eigenvalue weighted by Crippen LogP contribution is -2.18.